The zero-order valence-electron chi connectivity index (χ0n) is 13.6. The minimum absolute atomic E-state index is 0.297. The Morgan fingerprint density at radius 3 is 2.24 bits per heavy atom. The molecule has 25 heavy (non-hydrogen) atoms. The Morgan fingerprint density at radius 2 is 1.72 bits per heavy atom. The summed E-state index contributed by atoms with van der Waals surface area (Å²) in [6.07, 6.45) is -1.08. The van der Waals surface area contributed by atoms with Gasteiger partial charge in [-0.15, -0.1) is 0 Å². The van der Waals surface area contributed by atoms with Gasteiger partial charge < -0.3 is 9.29 Å². The largest absolute Gasteiger partial charge is 0.612 e. The molecule has 4 nitrogen and oxygen atoms in total. The van der Waals surface area contributed by atoms with Crippen molar-refractivity contribution < 1.29 is 18.1 Å². The molecule has 0 saturated heterocycles. The highest BCUT2D eigenvalue weighted by Gasteiger charge is 2.18. The van der Waals surface area contributed by atoms with E-state index in [1.165, 1.54) is 10.7 Å². The Hall–Kier alpha value is -2.38. The molecule has 1 atom stereocenters. The van der Waals surface area contributed by atoms with Crippen LogP contribution < -0.4 is 4.74 Å². The molecule has 1 heterocycles. The number of rotatable bonds is 5. The predicted molar refractivity (Wildman–Crippen MR) is 92.8 cm³/mol. The summed E-state index contributed by atoms with van der Waals surface area (Å²) in [6.45, 7) is 0. The number of nitrogens with zero attached hydrogens (tertiary/aromatic N) is 2. The molecule has 0 fully saturated rings. The summed E-state index contributed by atoms with van der Waals surface area (Å²) >= 11 is -1.10. The summed E-state index contributed by atoms with van der Waals surface area (Å²) in [7, 11) is 1.56. The van der Waals surface area contributed by atoms with Crippen LogP contribution in [0.1, 0.15) is 12.1 Å². The van der Waals surface area contributed by atoms with Gasteiger partial charge in [-0.2, -0.15) is 5.10 Å². The normalized spacial score (nSPS) is 12.4. The Balaban J connectivity index is 2.08. The molecule has 0 aliphatic carbocycles. The van der Waals surface area contributed by atoms with Gasteiger partial charge in [-0.25, -0.2) is 13.5 Å². The van der Waals surface area contributed by atoms with Gasteiger partial charge in [0.2, 0.25) is 0 Å². The van der Waals surface area contributed by atoms with Gasteiger partial charge in [0.1, 0.15) is 17.7 Å². The zero-order chi connectivity index (χ0) is 18.0. The van der Waals surface area contributed by atoms with Gasteiger partial charge in [-0.1, -0.05) is 0 Å². The van der Waals surface area contributed by atoms with Crippen LogP contribution in [0.2, 0.25) is 0 Å². The molecule has 130 valence electrons. The van der Waals surface area contributed by atoms with Crippen molar-refractivity contribution in [2.75, 3.05) is 13.4 Å². The first-order chi connectivity index (χ1) is 12.0. The van der Waals surface area contributed by atoms with E-state index in [1.54, 1.807) is 61.9 Å². The lowest BCUT2D eigenvalue weighted by atomic mass is 10.1. The topological polar surface area (TPSA) is 50.1 Å². The van der Waals surface area contributed by atoms with E-state index in [2.05, 4.69) is 5.10 Å². The standard InChI is InChI=1S/C18H16F2N2O2S/c1-24-14-7-5-13(6-8-14)22-17(11-16(21-22)18(19)20)12-3-9-15(10-4-12)25(2)23/h3-11,18H,1-2H3/t25-/m1/s1. The number of ether oxygens (including phenoxy) is 1. The number of methoxy groups -OCH3 is 1. The second-order valence-corrected chi connectivity index (χ2v) is 6.72. The van der Waals surface area contributed by atoms with Crippen molar-refractivity contribution in [2.24, 2.45) is 0 Å². The minimum Gasteiger partial charge on any atom is -0.612 e. The van der Waals surface area contributed by atoms with Gasteiger partial charge >= 0.3 is 0 Å². The van der Waals surface area contributed by atoms with E-state index >= 15 is 0 Å². The molecule has 0 N–H and O–H groups in total. The van der Waals surface area contributed by atoms with Crippen molar-refractivity contribution in [3.05, 3.63) is 60.3 Å². The first kappa shape index (κ1) is 17.4. The van der Waals surface area contributed by atoms with E-state index in [-0.39, 0.29) is 5.69 Å². The van der Waals surface area contributed by atoms with E-state index in [0.29, 0.717) is 27.6 Å². The predicted octanol–water partition coefficient (Wildman–Crippen LogP) is 4.22. The molecule has 2 aromatic carbocycles. The third kappa shape index (κ3) is 3.67. The van der Waals surface area contributed by atoms with Crippen LogP contribution in [0, 0.1) is 0 Å². The second kappa shape index (κ2) is 7.25. The molecule has 3 rings (SSSR count). The summed E-state index contributed by atoms with van der Waals surface area (Å²) in [5.74, 6) is 0.668. The molecule has 0 radical (unpaired) electrons. The van der Waals surface area contributed by atoms with E-state index in [1.807, 2.05) is 0 Å². The highest BCUT2D eigenvalue weighted by molar-refractivity contribution is 7.90. The molecule has 0 unspecified atom stereocenters. The fourth-order valence-corrected chi connectivity index (χ4v) is 2.97. The maximum absolute atomic E-state index is 13.1. The van der Waals surface area contributed by atoms with Crippen LogP contribution in [-0.2, 0) is 11.2 Å². The van der Waals surface area contributed by atoms with E-state index in [0.717, 1.165) is 0 Å². The number of halogens is 2. The first-order valence-corrected chi connectivity index (χ1v) is 9.02. The number of hydrogen-bond donors (Lipinski definition) is 0. The van der Waals surface area contributed by atoms with Gasteiger partial charge in [-0.05, 0) is 65.8 Å². The van der Waals surface area contributed by atoms with Gasteiger partial charge in [0.25, 0.3) is 6.43 Å². The maximum atomic E-state index is 13.1. The van der Waals surface area contributed by atoms with E-state index < -0.39 is 17.6 Å². The zero-order valence-corrected chi connectivity index (χ0v) is 14.5. The highest BCUT2D eigenvalue weighted by Crippen LogP contribution is 2.29. The van der Waals surface area contributed by atoms with Gasteiger partial charge in [0.05, 0.1) is 18.5 Å². The van der Waals surface area contributed by atoms with Crippen molar-refractivity contribution in [3.8, 4) is 22.7 Å². The van der Waals surface area contributed by atoms with Crippen LogP contribution in [0.25, 0.3) is 16.9 Å². The molecule has 1 aromatic heterocycles. The summed E-state index contributed by atoms with van der Waals surface area (Å²) in [5, 5.41) is 4.04. The molecular formula is C18H16F2N2O2S. The maximum Gasteiger partial charge on any atom is 0.282 e. The van der Waals surface area contributed by atoms with Gasteiger partial charge in [0.15, 0.2) is 4.90 Å². The van der Waals surface area contributed by atoms with Crippen molar-refractivity contribution in [1.82, 2.24) is 9.78 Å². The Labute approximate surface area is 147 Å². The quantitative estimate of drug-likeness (QED) is 0.639. The molecule has 0 amide bonds. The van der Waals surface area contributed by atoms with Crippen molar-refractivity contribution in [2.45, 2.75) is 11.3 Å². The summed E-state index contributed by atoms with van der Waals surface area (Å²) in [6, 6.07) is 15.3. The molecule has 0 bridgehead atoms. The van der Waals surface area contributed by atoms with Crippen LogP contribution in [0.3, 0.4) is 0 Å². The number of benzene rings is 2. The molecular weight excluding hydrogens is 346 g/mol. The Kier molecular flexibility index (Phi) is 5.06. The average Bonchev–Trinajstić information content (AvgIpc) is 3.07. The first-order valence-electron chi connectivity index (χ1n) is 7.46. The van der Waals surface area contributed by atoms with Crippen molar-refractivity contribution in [1.29, 1.82) is 0 Å². The van der Waals surface area contributed by atoms with E-state index in [4.69, 9.17) is 4.74 Å². The lowest BCUT2D eigenvalue weighted by Crippen LogP contribution is -2.01. The molecule has 0 aliphatic heterocycles. The van der Waals surface area contributed by atoms with Crippen molar-refractivity contribution in [3.63, 3.8) is 0 Å². The molecule has 7 heteroatoms. The fraction of sp³-hybridized carbons (Fsp3) is 0.167. The summed E-state index contributed by atoms with van der Waals surface area (Å²) in [4.78, 5) is 0.674. The van der Waals surface area contributed by atoms with Crippen LogP contribution in [0.15, 0.2) is 59.5 Å². The molecule has 0 saturated carbocycles. The van der Waals surface area contributed by atoms with Crippen molar-refractivity contribution >= 4 is 11.2 Å². The number of alkyl halides is 2. The third-order valence-electron chi connectivity index (χ3n) is 3.75. The van der Waals surface area contributed by atoms with Crippen LogP contribution in [-0.4, -0.2) is 27.7 Å². The van der Waals surface area contributed by atoms with Crippen LogP contribution in [0.4, 0.5) is 8.78 Å². The molecule has 0 spiro atoms. The lowest BCUT2D eigenvalue weighted by Gasteiger charge is -2.09. The van der Waals surface area contributed by atoms with Crippen LogP contribution in [0.5, 0.6) is 5.75 Å². The fourth-order valence-electron chi connectivity index (χ4n) is 2.45. The number of hydrogen-bond acceptors (Lipinski definition) is 3. The van der Waals surface area contributed by atoms with E-state index in [9.17, 15) is 13.3 Å². The van der Waals surface area contributed by atoms with Crippen LogP contribution >= 0.6 is 0 Å². The monoisotopic (exact) mass is 362 g/mol. The average molecular weight is 362 g/mol. The molecule has 0 aliphatic rings. The van der Waals surface area contributed by atoms with Gasteiger partial charge in [-0.3, -0.25) is 0 Å². The summed E-state index contributed by atoms with van der Waals surface area (Å²) in [5.41, 5.74) is 1.60. The van der Waals surface area contributed by atoms with Gasteiger partial charge in [0, 0.05) is 5.56 Å². The Morgan fingerprint density at radius 1 is 1.08 bits per heavy atom. The SMILES string of the molecule is COc1ccc(-n2nc(C(F)F)cc2-c2ccc([S@@+](C)[O-])cc2)cc1. The minimum atomic E-state index is -2.67. The number of aromatic nitrogens is 2. The second-order valence-electron chi connectivity index (χ2n) is 5.34. The highest BCUT2D eigenvalue weighted by atomic mass is 32.2. The third-order valence-corrected chi connectivity index (χ3v) is 4.69. The molecule has 3 aromatic rings. The summed E-state index contributed by atoms with van der Waals surface area (Å²) < 4.78 is 44.4. The lowest BCUT2D eigenvalue weighted by molar-refractivity contribution is 0.145. The smallest absolute Gasteiger partial charge is 0.282 e. The Bertz CT molecular complexity index is 847.